The molecule has 0 fully saturated rings. The van der Waals surface area contributed by atoms with Gasteiger partial charge in [0.25, 0.3) is 0 Å². The lowest BCUT2D eigenvalue weighted by atomic mass is 10.1. The summed E-state index contributed by atoms with van der Waals surface area (Å²) in [6, 6.07) is 6.40. The van der Waals surface area contributed by atoms with Crippen molar-refractivity contribution >= 4 is 11.0 Å². The second-order valence-corrected chi connectivity index (χ2v) is 5.96. The lowest BCUT2D eigenvalue weighted by Gasteiger charge is -2.19. The van der Waals surface area contributed by atoms with Crippen LogP contribution in [0.2, 0.25) is 0 Å². The van der Waals surface area contributed by atoms with Gasteiger partial charge in [0.05, 0.1) is 6.54 Å². The number of fused-ring (bicyclic) bond motifs is 1. The molecule has 2 rings (SSSR count). The van der Waals surface area contributed by atoms with Crippen LogP contribution >= 0.6 is 0 Å². The predicted molar refractivity (Wildman–Crippen MR) is 76.9 cm³/mol. The van der Waals surface area contributed by atoms with Gasteiger partial charge in [0.15, 0.2) is 0 Å². The van der Waals surface area contributed by atoms with Crippen LogP contribution in [0.4, 0.5) is 0 Å². The maximum atomic E-state index is 5.98. The summed E-state index contributed by atoms with van der Waals surface area (Å²) >= 11 is 0. The average Bonchev–Trinajstić information content (AvgIpc) is 2.62. The van der Waals surface area contributed by atoms with E-state index in [0.717, 1.165) is 24.3 Å². The van der Waals surface area contributed by atoms with Crippen LogP contribution in [0.15, 0.2) is 22.6 Å². The Bertz CT molecular complexity index is 546. The van der Waals surface area contributed by atoms with Crippen LogP contribution in [0.1, 0.15) is 44.6 Å². The number of rotatable bonds is 3. The Balaban J connectivity index is 2.38. The fourth-order valence-corrected chi connectivity index (χ4v) is 2.19. The molecule has 2 nitrogen and oxygen atoms in total. The van der Waals surface area contributed by atoms with E-state index < -0.39 is 0 Å². The van der Waals surface area contributed by atoms with Crippen molar-refractivity contribution in [3.05, 3.63) is 35.1 Å². The van der Waals surface area contributed by atoms with E-state index in [1.165, 1.54) is 16.5 Å². The van der Waals surface area contributed by atoms with Crippen molar-refractivity contribution in [2.24, 2.45) is 0 Å². The summed E-state index contributed by atoms with van der Waals surface area (Å²) in [5.74, 6) is 1.08. The second kappa shape index (κ2) is 4.77. The molecule has 2 aromatic rings. The summed E-state index contributed by atoms with van der Waals surface area (Å²) in [6.45, 7) is 11.6. The zero-order valence-electron chi connectivity index (χ0n) is 12.1. The Morgan fingerprint density at radius 1 is 1.22 bits per heavy atom. The summed E-state index contributed by atoms with van der Waals surface area (Å²) in [7, 11) is 0. The van der Waals surface area contributed by atoms with E-state index in [0.29, 0.717) is 0 Å². The molecule has 0 atom stereocenters. The first-order valence-corrected chi connectivity index (χ1v) is 6.66. The Morgan fingerprint density at radius 3 is 2.56 bits per heavy atom. The molecular formula is C16H23NO. The summed E-state index contributed by atoms with van der Waals surface area (Å²) in [5.41, 5.74) is 3.74. The Kier molecular flexibility index (Phi) is 3.49. The van der Waals surface area contributed by atoms with E-state index in [2.05, 4.69) is 58.1 Å². The van der Waals surface area contributed by atoms with E-state index in [-0.39, 0.29) is 5.54 Å². The molecule has 18 heavy (non-hydrogen) atoms. The topological polar surface area (TPSA) is 25.2 Å². The summed E-state index contributed by atoms with van der Waals surface area (Å²) in [6.07, 6.45) is 1.01. The zero-order chi connectivity index (χ0) is 13.3. The minimum atomic E-state index is 0.111. The van der Waals surface area contributed by atoms with E-state index in [1.54, 1.807) is 0 Å². The SMILES string of the molecule is CCc1c(CNC(C)(C)C)oc2ccc(C)cc12. The molecule has 2 heteroatoms. The second-order valence-electron chi connectivity index (χ2n) is 5.96. The predicted octanol–water partition coefficient (Wildman–Crippen LogP) is 4.19. The maximum Gasteiger partial charge on any atom is 0.134 e. The zero-order valence-corrected chi connectivity index (χ0v) is 12.1. The smallest absolute Gasteiger partial charge is 0.134 e. The number of hydrogen-bond donors (Lipinski definition) is 1. The Hall–Kier alpha value is -1.28. The number of furan rings is 1. The van der Waals surface area contributed by atoms with Crippen LogP contribution in [0.3, 0.4) is 0 Å². The van der Waals surface area contributed by atoms with Crippen molar-refractivity contribution in [1.82, 2.24) is 5.32 Å². The van der Waals surface area contributed by atoms with Gasteiger partial charge >= 0.3 is 0 Å². The summed E-state index contributed by atoms with van der Waals surface area (Å²) in [5, 5.41) is 4.76. The molecule has 0 amide bonds. The normalized spacial score (nSPS) is 12.3. The first-order chi connectivity index (χ1) is 8.40. The van der Waals surface area contributed by atoms with Gasteiger partial charge in [0, 0.05) is 16.5 Å². The maximum absolute atomic E-state index is 5.98. The van der Waals surface area contributed by atoms with Crippen molar-refractivity contribution in [2.45, 2.75) is 53.1 Å². The molecular weight excluding hydrogens is 222 g/mol. The van der Waals surface area contributed by atoms with Gasteiger partial charge < -0.3 is 9.73 Å². The standard InChI is InChI=1S/C16H23NO/c1-6-12-13-9-11(2)7-8-14(13)18-15(12)10-17-16(3,4)5/h7-9,17H,6,10H2,1-5H3. The fraction of sp³-hybridized carbons (Fsp3) is 0.500. The molecule has 0 saturated heterocycles. The van der Waals surface area contributed by atoms with Gasteiger partial charge in [-0.2, -0.15) is 0 Å². The van der Waals surface area contributed by atoms with E-state index >= 15 is 0 Å². The van der Waals surface area contributed by atoms with Crippen LogP contribution in [0.5, 0.6) is 0 Å². The van der Waals surface area contributed by atoms with Gasteiger partial charge in [-0.1, -0.05) is 18.6 Å². The summed E-state index contributed by atoms with van der Waals surface area (Å²) in [4.78, 5) is 0. The van der Waals surface area contributed by atoms with E-state index in [9.17, 15) is 0 Å². The third kappa shape index (κ3) is 2.75. The molecule has 1 N–H and O–H groups in total. The molecule has 0 bridgehead atoms. The van der Waals surface area contributed by atoms with Crippen molar-refractivity contribution in [1.29, 1.82) is 0 Å². The van der Waals surface area contributed by atoms with E-state index in [1.807, 2.05) is 0 Å². The monoisotopic (exact) mass is 245 g/mol. The molecule has 0 radical (unpaired) electrons. The lowest BCUT2D eigenvalue weighted by Crippen LogP contribution is -2.35. The minimum Gasteiger partial charge on any atom is -0.459 e. The molecule has 0 saturated carbocycles. The third-order valence-electron chi connectivity index (χ3n) is 3.16. The van der Waals surface area contributed by atoms with Crippen molar-refractivity contribution in [3.63, 3.8) is 0 Å². The van der Waals surface area contributed by atoms with Crippen LogP contribution in [-0.4, -0.2) is 5.54 Å². The van der Waals surface area contributed by atoms with Gasteiger partial charge in [0.1, 0.15) is 11.3 Å². The van der Waals surface area contributed by atoms with Crippen LogP contribution in [0.25, 0.3) is 11.0 Å². The molecule has 1 aromatic carbocycles. The molecule has 98 valence electrons. The van der Waals surface area contributed by atoms with Gasteiger partial charge in [0.2, 0.25) is 0 Å². The minimum absolute atomic E-state index is 0.111. The molecule has 0 spiro atoms. The van der Waals surface area contributed by atoms with Crippen molar-refractivity contribution in [3.8, 4) is 0 Å². The quantitative estimate of drug-likeness (QED) is 0.877. The molecule has 1 aromatic heterocycles. The molecule has 0 unspecified atom stereocenters. The largest absolute Gasteiger partial charge is 0.459 e. The van der Waals surface area contributed by atoms with Gasteiger partial charge in [-0.25, -0.2) is 0 Å². The van der Waals surface area contributed by atoms with Crippen molar-refractivity contribution in [2.75, 3.05) is 0 Å². The van der Waals surface area contributed by atoms with Gasteiger partial charge in [-0.3, -0.25) is 0 Å². The molecule has 1 heterocycles. The van der Waals surface area contributed by atoms with Crippen LogP contribution in [0, 0.1) is 6.92 Å². The fourth-order valence-electron chi connectivity index (χ4n) is 2.19. The lowest BCUT2D eigenvalue weighted by molar-refractivity contribution is 0.393. The first kappa shape index (κ1) is 13.2. The number of nitrogens with one attached hydrogen (secondary N) is 1. The van der Waals surface area contributed by atoms with Crippen LogP contribution in [-0.2, 0) is 13.0 Å². The number of benzene rings is 1. The molecule has 0 aliphatic carbocycles. The Labute approximate surface area is 109 Å². The molecule has 0 aliphatic heterocycles. The van der Waals surface area contributed by atoms with Gasteiger partial charge in [-0.15, -0.1) is 0 Å². The van der Waals surface area contributed by atoms with E-state index in [4.69, 9.17) is 4.42 Å². The van der Waals surface area contributed by atoms with Crippen LogP contribution < -0.4 is 5.32 Å². The highest BCUT2D eigenvalue weighted by atomic mass is 16.3. The highest BCUT2D eigenvalue weighted by Crippen LogP contribution is 2.27. The van der Waals surface area contributed by atoms with Gasteiger partial charge in [-0.05, 0) is 46.2 Å². The molecule has 0 aliphatic rings. The Morgan fingerprint density at radius 2 is 1.94 bits per heavy atom. The average molecular weight is 245 g/mol. The number of aryl methyl sites for hydroxylation is 2. The highest BCUT2D eigenvalue weighted by Gasteiger charge is 2.15. The third-order valence-corrected chi connectivity index (χ3v) is 3.16. The first-order valence-electron chi connectivity index (χ1n) is 6.66. The number of hydrogen-bond acceptors (Lipinski definition) is 2. The van der Waals surface area contributed by atoms with Crippen molar-refractivity contribution < 1.29 is 4.42 Å². The highest BCUT2D eigenvalue weighted by molar-refractivity contribution is 5.83. The summed E-state index contributed by atoms with van der Waals surface area (Å²) < 4.78 is 5.98.